The first-order valence-electron chi connectivity index (χ1n) is 7.37. The molecule has 1 N–H and O–H groups in total. The minimum Gasteiger partial charge on any atom is -0.414 e. The number of para-hydroxylation sites is 1. The van der Waals surface area contributed by atoms with Crippen LogP contribution in [0.2, 0.25) is 18.1 Å². The number of rotatable bonds is 7. The standard InChI is InChI=1S/C16H29NO2Si/c1-7-15(13-18-20(5,6)16(2,3)4)19-17-14-11-9-8-10-12-14/h8-12,15,17H,7,13H2,1-6H3/t15-/m1/s1. The fourth-order valence-corrected chi connectivity index (χ4v) is 2.45. The summed E-state index contributed by atoms with van der Waals surface area (Å²) in [7, 11) is -1.70. The Bertz CT molecular complexity index is 387. The predicted molar refractivity (Wildman–Crippen MR) is 88.4 cm³/mol. The molecule has 0 fully saturated rings. The molecule has 0 aliphatic carbocycles. The molecule has 0 aliphatic heterocycles. The second kappa shape index (κ2) is 7.25. The minimum absolute atomic E-state index is 0.0735. The summed E-state index contributed by atoms with van der Waals surface area (Å²) in [5.41, 5.74) is 3.98. The Balaban J connectivity index is 2.44. The van der Waals surface area contributed by atoms with Crippen LogP contribution < -0.4 is 5.48 Å². The lowest BCUT2D eigenvalue weighted by molar-refractivity contribution is 0.0488. The van der Waals surface area contributed by atoms with Crippen LogP contribution in [-0.4, -0.2) is 21.0 Å². The Labute approximate surface area is 124 Å². The fourth-order valence-electron chi connectivity index (χ4n) is 1.41. The molecule has 0 aliphatic rings. The largest absolute Gasteiger partial charge is 0.414 e. The van der Waals surface area contributed by atoms with Crippen molar-refractivity contribution in [2.75, 3.05) is 12.1 Å². The average Bonchev–Trinajstić information content (AvgIpc) is 2.39. The van der Waals surface area contributed by atoms with Crippen LogP contribution in [0.5, 0.6) is 0 Å². The van der Waals surface area contributed by atoms with Gasteiger partial charge < -0.3 is 4.43 Å². The summed E-state index contributed by atoms with van der Waals surface area (Å²) in [4.78, 5) is 5.73. The zero-order chi connectivity index (χ0) is 15.2. The lowest BCUT2D eigenvalue weighted by Crippen LogP contribution is -2.43. The first kappa shape index (κ1) is 17.2. The van der Waals surface area contributed by atoms with Crippen molar-refractivity contribution in [3.05, 3.63) is 30.3 Å². The lowest BCUT2D eigenvalue weighted by atomic mass is 10.2. The summed E-state index contributed by atoms with van der Waals surface area (Å²) in [6.07, 6.45) is 0.999. The van der Waals surface area contributed by atoms with Gasteiger partial charge in [-0.15, -0.1) is 0 Å². The van der Waals surface area contributed by atoms with Crippen molar-refractivity contribution in [2.45, 2.75) is 58.4 Å². The smallest absolute Gasteiger partial charge is 0.192 e. The molecule has 1 aromatic carbocycles. The molecule has 0 saturated heterocycles. The summed E-state index contributed by atoms with van der Waals surface area (Å²) in [5.74, 6) is 0. The maximum Gasteiger partial charge on any atom is 0.192 e. The molecule has 3 nitrogen and oxygen atoms in total. The second-order valence-corrected chi connectivity index (χ2v) is 11.5. The van der Waals surface area contributed by atoms with Gasteiger partial charge in [0.2, 0.25) is 0 Å². The van der Waals surface area contributed by atoms with Crippen LogP contribution in [0.15, 0.2) is 30.3 Å². The predicted octanol–water partition coefficient (Wildman–Crippen LogP) is 4.83. The fraction of sp³-hybridized carbons (Fsp3) is 0.625. The summed E-state index contributed by atoms with van der Waals surface area (Å²) < 4.78 is 6.21. The highest BCUT2D eigenvalue weighted by Gasteiger charge is 2.37. The van der Waals surface area contributed by atoms with Gasteiger partial charge in [0, 0.05) is 0 Å². The molecule has 0 spiro atoms. The lowest BCUT2D eigenvalue weighted by Gasteiger charge is -2.37. The van der Waals surface area contributed by atoms with Crippen LogP contribution in [-0.2, 0) is 9.26 Å². The van der Waals surface area contributed by atoms with Crippen LogP contribution in [0.4, 0.5) is 5.69 Å². The van der Waals surface area contributed by atoms with Gasteiger partial charge >= 0.3 is 0 Å². The summed E-state index contributed by atoms with van der Waals surface area (Å²) >= 11 is 0. The van der Waals surface area contributed by atoms with Gasteiger partial charge in [-0.1, -0.05) is 45.9 Å². The van der Waals surface area contributed by atoms with Gasteiger partial charge in [0.15, 0.2) is 8.32 Å². The summed E-state index contributed by atoms with van der Waals surface area (Å²) in [6, 6.07) is 9.93. The number of benzene rings is 1. The van der Waals surface area contributed by atoms with Crippen molar-refractivity contribution >= 4 is 14.0 Å². The Morgan fingerprint density at radius 2 is 1.75 bits per heavy atom. The van der Waals surface area contributed by atoms with Crippen LogP contribution >= 0.6 is 0 Å². The highest BCUT2D eigenvalue weighted by atomic mass is 28.4. The van der Waals surface area contributed by atoms with Gasteiger partial charge in [0.25, 0.3) is 0 Å². The van der Waals surface area contributed by atoms with Gasteiger partial charge in [-0.05, 0) is 36.7 Å². The normalized spacial score (nSPS) is 14.1. The van der Waals surface area contributed by atoms with Gasteiger partial charge in [-0.2, -0.15) is 0 Å². The molecular weight excluding hydrogens is 266 g/mol. The molecule has 0 saturated carbocycles. The molecule has 114 valence electrons. The molecule has 4 heteroatoms. The average molecular weight is 295 g/mol. The highest BCUT2D eigenvalue weighted by molar-refractivity contribution is 6.74. The zero-order valence-corrected chi connectivity index (χ0v) is 14.7. The zero-order valence-electron chi connectivity index (χ0n) is 13.7. The van der Waals surface area contributed by atoms with E-state index in [1.807, 2.05) is 30.3 Å². The Morgan fingerprint density at radius 1 is 1.15 bits per heavy atom. The summed E-state index contributed by atoms with van der Waals surface area (Å²) in [5, 5.41) is 0.234. The SMILES string of the molecule is CC[C@H](CO[Si](C)(C)C(C)(C)C)ONc1ccccc1. The molecule has 0 heterocycles. The first-order valence-corrected chi connectivity index (χ1v) is 10.3. The van der Waals surface area contributed by atoms with E-state index in [2.05, 4.69) is 46.3 Å². The van der Waals surface area contributed by atoms with Crippen LogP contribution in [0.25, 0.3) is 0 Å². The Morgan fingerprint density at radius 3 is 2.25 bits per heavy atom. The van der Waals surface area contributed by atoms with Crippen molar-refractivity contribution < 1.29 is 9.26 Å². The van der Waals surface area contributed by atoms with E-state index < -0.39 is 8.32 Å². The molecule has 1 aromatic rings. The van der Waals surface area contributed by atoms with E-state index in [0.717, 1.165) is 12.1 Å². The number of anilines is 1. The van der Waals surface area contributed by atoms with Crippen molar-refractivity contribution in [1.29, 1.82) is 0 Å². The van der Waals surface area contributed by atoms with Crippen molar-refractivity contribution in [3.63, 3.8) is 0 Å². The maximum atomic E-state index is 6.21. The molecule has 20 heavy (non-hydrogen) atoms. The van der Waals surface area contributed by atoms with E-state index in [1.54, 1.807) is 0 Å². The van der Waals surface area contributed by atoms with Crippen molar-refractivity contribution in [1.82, 2.24) is 0 Å². The molecular formula is C16H29NO2Si. The van der Waals surface area contributed by atoms with Gasteiger partial charge in [-0.25, -0.2) is 0 Å². The summed E-state index contributed by atoms with van der Waals surface area (Å²) in [6.45, 7) is 14.1. The molecule has 0 radical (unpaired) electrons. The molecule has 0 amide bonds. The quantitative estimate of drug-likeness (QED) is 0.577. The van der Waals surface area contributed by atoms with Gasteiger partial charge in [-0.3, -0.25) is 10.3 Å². The Hall–Kier alpha value is -0.843. The van der Waals surface area contributed by atoms with Crippen LogP contribution in [0.1, 0.15) is 34.1 Å². The number of hydrogen-bond acceptors (Lipinski definition) is 3. The third kappa shape index (κ3) is 5.27. The Kier molecular flexibility index (Phi) is 6.24. The maximum absolute atomic E-state index is 6.21. The van der Waals surface area contributed by atoms with E-state index in [0.29, 0.717) is 6.61 Å². The third-order valence-electron chi connectivity index (χ3n) is 4.01. The van der Waals surface area contributed by atoms with Crippen LogP contribution in [0.3, 0.4) is 0 Å². The number of hydrogen-bond donors (Lipinski definition) is 1. The van der Waals surface area contributed by atoms with Crippen molar-refractivity contribution in [3.8, 4) is 0 Å². The van der Waals surface area contributed by atoms with E-state index in [4.69, 9.17) is 9.26 Å². The molecule has 0 unspecified atom stereocenters. The van der Waals surface area contributed by atoms with Gasteiger partial charge in [0.05, 0.1) is 12.3 Å². The second-order valence-electron chi connectivity index (χ2n) is 6.69. The monoisotopic (exact) mass is 295 g/mol. The van der Waals surface area contributed by atoms with E-state index in [1.165, 1.54) is 0 Å². The van der Waals surface area contributed by atoms with E-state index in [-0.39, 0.29) is 11.1 Å². The van der Waals surface area contributed by atoms with Crippen molar-refractivity contribution in [2.24, 2.45) is 0 Å². The molecule has 0 bridgehead atoms. The van der Waals surface area contributed by atoms with Gasteiger partial charge in [0.1, 0.15) is 6.10 Å². The topological polar surface area (TPSA) is 30.5 Å². The molecule has 0 aromatic heterocycles. The van der Waals surface area contributed by atoms with Crippen LogP contribution in [0, 0.1) is 0 Å². The third-order valence-corrected chi connectivity index (χ3v) is 8.51. The van der Waals surface area contributed by atoms with E-state index >= 15 is 0 Å². The molecule has 1 atom stereocenters. The first-order chi connectivity index (χ1) is 9.26. The number of nitrogens with one attached hydrogen (secondary N) is 1. The minimum atomic E-state index is -1.70. The molecule has 1 rings (SSSR count). The highest BCUT2D eigenvalue weighted by Crippen LogP contribution is 2.36. The van der Waals surface area contributed by atoms with E-state index in [9.17, 15) is 0 Å².